The summed E-state index contributed by atoms with van der Waals surface area (Å²) in [5.74, 6) is 0. The number of halogens is 2. The lowest BCUT2D eigenvalue weighted by Gasteiger charge is -2.34. The molecule has 0 aliphatic heterocycles. The van der Waals surface area contributed by atoms with Crippen molar-refractivity contribution in [3.63, 3.8) is 0 Å². The zero-order chi connectivity index (χ0) is 12.3. The van der Waals surface area contributed by atoms with Gasteiger partial charge in [-0.25, -0.2) is 0 Å². The van der Waals surface area contributed by atoms with E-state index >= 15 is 0 Å². The smallest absolute Gasteiger partial charge is 0.323 e. The Bertz CT molecular complexity index is 178. The van der Waals surface area contributed by atoms with Crippen LogP contribution in [0.3, 0.4) is 0 Å². The monoisotopic (exact) mass is 378 g/mol. The highest BCUT2D eigenvalue weighted by Crippen LogP contribution is 2.21. The summed E-state index contributed by atoms with van der Waals surface area (Å²) in [6.07, 6.45) is 0. The van der Waals surface area contributed by atoms with Gasteiger partial charge >= 0.3 is 17.1 Å². The number of rotatable bonds is 6. The van der Waals surface area contributed by atoms with Crippen molar-refractivity contribution in [2.24, 2.45) is 0 Å². The fraction of sp³-hybridized carbons (Fsp3) is 1.00. The molecule has 0 aromatic rings. The van der Waals surface area contributed by atoms with Gasteiger partial charge in [0.15, 0.2) is 0 Å². The van der Waals surface area contributed by atoms with Crippen molar-refractivity contribution in [2.75, 3.05) is 0 Å². The van der Waals surface area contributed by atoms with E-state index in [1.807, 2.05) is 40.0 Å². The number of alkyl halides is 2. The molecule has 2 unspecified atom stereocenters. The van der Waals surface area contributed by atoms with Crippen LogP contribution in [0.5, 0.6) is 0 Å². The van der Waals surface area contributed by atoms with Crippen LogP contribution < -0.4 is 0 Å². The lowest BCUT2D eigenvalue weighted by molar-refractivity contribution is 0.191. The van der Waals surface area contributed by atoms with Crippen LogP contribution in [0.4, 0.5) is 0 Å². The summed E-state index contributed by atoms with van der Waals surface area (Å²) in [4.78, 5) is 0. The molecule has 0 aromatic heterocycles. The second-order valence-electron chi connectivity index (χ2n) is 4.22. The van der Waals surface area contributed by atoms with E-state index in [4.69, 9.17) is 13.0 Å². The van der Waals surface area contributed by atoms with Crippen molar-refractivity contribution in [1.29, 1.82) is 0 Å². The Hall–Kier alpha value is 1.27. The summed E-state index contributed by atoms with van der Waals surface area (Å²) >= 11 is 6.73. The standard InChI is InChI=1S/C8H20Br2O3Si2/c1-7(9)11-14(3,4)13-15(5,6)12-8(2)10/h7-8H,1-6H3. The van der Waals surface area contributed by atoms with Crippen molar-refractivity contribution in [3.05, 3.63) is 0 Å². The second-order valence-corrected chi connectivity index (χ2v) is 13.7. The second kappa shape index (κ2) is 6.27. The van der Waals surface area contributed by atoms with E-state index in [9.17, 15) is 0 Å². The van der Waals surface area contributed by atoms with Crippen LogP contribution in [0.25, 0.3) is 0 Å². The zero-order valence-corrected chi connectivity index (χ0v) is 15.3. The Morgan fingerprint density at radius 3 is 1.27 bits per heavy atom. The van der Waals surface area contributed by atoms with Gasteiger partial charge in [0.05, 0.1) is 0 Å². The zero-order valence-electron chi connectivity index (χ0n) is 10.1. The third-order valence-corrected chi connectivity index (χ3v) is 8.22. The van der Waals surface area contributed by atoms with E-state index in [2.05, 4.69) is 31.9 Å². The van der Waals surface area contributed by atoms with E-state index in [-0.39, 0.29) is 10.0 Å². The minimum absolute atomic E-state index is 0.0189. The van der Waals surface area contributed by atoms with Crippen LogP contribution in [0.2, 0.25) is 26.2 Å². The van der Waals surface area contributed by atoms with E-state index in [1.54, 1.807) is 0 Å². The summed E-state index contributed by atoms with van der Waals surface area (Å²) in [6.45, 7) is 12.0. The van der Waals surface area contributed by atoms with Crippen molar-refractivity contribution >= 4 is 49.0 Å². The molecule has 0 rings (SSSR count). The Kier molecular flexibility index (Phi) is 6.81. The first-order valence-corrected chi connectivity index (χ1v) is 12.3. The van der Waals surface area contributed by atoms with E-state index in [0.29, 0.717) is 0 Å². The van der Waals surface area contributed by atoms with Gasteiger partial charge in [0.25, 0.3) is 0 Å². The fourth-order valence-corrected chi connectivity index (χ4v) is 10.8. The highest BCUT2D eigenvalue weighted by atomic mass is 79.9. The Balaban J connectivity index is 4.29. The van der Waals surface area contributed by atoms with Gasteiger partial charge in [0.2, 0.25) is 0 Å². The molecule has 15 heavy (non-hydrogen) atoms. The molecule has 0 saturated carbocycles. The molecule has 0 bridgehead atoms. The largest absolute Gasteiger partial charge is 0.415 e. The van der Waals surface area contributed by atoms with Crippen LogP contribution in [-0.2, 0) is 13.0 Å². The van der Waals surface area contributed by atoms with Crippen LogP contribution in [0.15, 0.2) is 0 Å². The SMILES string of the molecule is CC(Br)O[Si](C)(C)O[Si](C)(C)OC(C)Br. The molecule has 0 spiro atoms. The van der Waals surface area contributed by atoms with Crippen LogP contribution in [0.1, 0.15) is 13.8 Å². The molecule has 2 atom stereocenters. The van der Waals surface area contributed by atoms with Crippen LogP contribution >= 0.6 is 31.9 Å². The lowest BCUT2D eigenvalue weighted by atomic mass is 10.9. The average molecular weight is 380 g/mol. The molecular formula is C8H20Br2O3Si2. The first-order valence-electron chi connectivity index (χ1n) is 4.88. The van der Waals surface area contributed by atoms with Gasteiger partial charge in [0, 0.05) is 0 Å². The van der Waals surface area contributed by atoms with Gasteiger partial charge < -0.3 is 13.0 Å². The third kappa shape index (κ3) is 9.02. The van der Waals surface area contributed by atoms with Gasteiger partial charge in [0.1, 0.15) is 10.0 Å². The van der Waals surface area contributed by atoms with Crippen molar-refractivity contribution in [1.82, 2.24) is 0 Å². The molecule has 0 aromatic carbocycles. The molecule has 0 fully saturated rings. The molecule has 0 saturated heterocycles. The number of hydrogen-bond donors (Lipinski definition) is 0. The van der Waals surface area contributed by atoms with Gasteiger partial charge in [-0.15, -0.1) is 0 Å². The maximum Gasteiger partial charge on any atom is 0.323 e. The molecule has 92 valence electrons. The lowest BCUT2D eigenvalue weighted by Crippen LogP contribution is -2.49. The molecular weight excluding hydrogens is 360 g/mol. The number of hydrogen-bond acceptors (Lipinski definition) is 3. The average Bonchev–Trinajstić information content (AvgIpc) is 1.73. The maximum atomic E-state index is 6.02. The molecule has 0 aliphatic rings. The Labute approximate surface area is 112 Å². The van der Waals surface area contributed by atoms with Crippen molar-refractivity contribution < 1.29 is 13.0 Å². The first kappa shape index (κ1) is 16.3. The van der Waals surface area contributed by atoms with Crippen molar-refractivity contribution in [3.8, 4) is 0 Å². The van der Waals surface area contributed by atoms with Crippen molar-refractivity contribution in [2.45, 2.75) is 50.1 Å². The summed E-state index contributed by atoms with van der Waals surface area (Å²) < 4.78 is 17.5. The summed E-state index contributed by atoms with van der Waals surface area (Å²) in [7, 11) is -4.20. The minimum Gasteiger partial charge on any atom is -0.415 e. The fourth-order valence-electron chi connectivity index (χ4n) is 1.42. The molecule has 7 heteroatoms. The Morgan fingerprint density at radius 2 is 1.07 bits per heavy atom. The summed E-state index contributed by atoms with van der Waals surface area (Å²) in [5.41, 5.74) is 0. The third-order valence-electron chi connectivity index (χ3n) is 1.38. The molecule has 0 amide bonds. The molecule has 3 nitrogen and oxygen atoms in total. The quantitative estimate of drug-likeness (QED) is 0.517. The Morgan fingerprint density at radius 1 is 0.800 bits per heavy atom. The van der Waals surface area contributed by atoms with Gasteiger partial charge in [-0.2, -0.15) is 0 Å². The predicted molar refractivity (Wildman–Crippen MR) is 75.0 cm³/mol. The van der Waals surface area contributed by atoms with E-state index in [0.717, 1.165) is 0 Å². The van der Waals surface area contributed by atoms with Gasteiger partial charge in [-0.05, 0) is 40.0 Å². The highest BCUT2D eigenvalue weighted by Gasteiger charge is 2.37. The normalized spacial score (nSPS) is 17.6. The predicted octanol–water partition coefficient (Wildman–Crippen LogP) is 3.92. The van der Waals surface area contributed by atoms with Gasteiger partial charge in [-0.1, -0.05) is 31.9 Å². The molecule has 0 aliphatic carbocycles. The topological polar surface area (TPSA) is 27.7 Å². The molecule has 0 heterocycles. The van der Waals surface area contributed by atoms with E-state index < -0.39 is 17.1 Å². The minimum atomic E-state index is -2.10. The van der Waals surface area contributed by atoms with Gasteiger partial charge in [-0.3, -0.25) is 0 Å². The molecule has 0 N–H and O–H groups in total. The van der Waals surface area contributed by atoms with Crippen LogP contribution in [0, 0.1) is 0 Å². The molecule has 0 radical (unpaired) electrons. The highest BCUT2D eigenvalue weighted by molar-refractivity contribution is 9.09. The first-order chi connectivity index (χ1) is 6.54. The summed E-state index contributed by atoms with van der Waals surface area (Å²) in [6, 6.07) is 0. The van der Waals surface area contributed by atoms with E-state index in [1.165, 1.54) is 0 Å². The summed E-state index contributed by atoms with van der Waals surface area (Å²) in [5, 5.41) is 0.0377. The maximum absolute atomic E-state index is 6.02. The van der Waals surface area contributed by atoms with Crippen LogP contribution in [-0.4, -0.2) is 27.1 Å².